The molecule has 0 aliphatic carbocycles. The molecule has 0 bridgehead atoms. The van der Waals surface area contributed by atoms with Crippen LogP contribution in [0.15, 0.2) is 24.3 Å². The van der Waals surface area contributed by atoms with Gasteiger partial charge in [-0.15, -0.1) is 0 Å². The lowest BCUT2D eigenvalue weighted by Crippen LogP contribution is -2.39. The molecule has 4 nitrogen and oxygen atoms in total. The number of hydrogen-bond donors (Lipinski definition) is 2. The first kappa shape index (κ1) is 14.5. The van der Waals surface area contributed by atoms with Gasteiger partial charge in [0.2, 0.25) is 5.91 Å². The monoisotopic (exact) mass is 249 g/mol. The predicted molar refractivity (Wildman–Crippen MR) is 75.5 cm³/mol. The second-order valence-electron chi connectivity index (χ2n) is 4.57. The third kappa shape index (κ3) is 4.04. The van der Waals surface area contributed by atoms with E-state index in [0.717, 1.165) is 17.7 Å². The van der Waals surface area contributed by atoms with E-state index in [-0.39, 0.29) is 11.9 Å². The summed E-state index contributed by atoms with van der Waals surface area (Å²) in [6.45, 7) is 4.89. The first-order valence-electron chi connectivity index (χ1n) is 6.37. The summed E-state index contributed by atoms with van der Waals surface area (Å²) < 4.78 is 0. The molecule has 18 heavy (non-hydrogen) atoms. The topological polar surface area (TPSA) is 58.4 Å². The number of carbonyl (C=O) groups excluding carboxylic acids is 1. The van der Waals surface area contributed by atoms with Crippen molar-refractivity contribution >= 4 is 11.6 Å². The maximum Gasteiger partial charge on any atom is 0.239 e. The van der Waals surface area contributed by atoms with Crippen LogP contribution in [0.5, 0.6) is 0 Å². The molecule has 0 saturated heterocycles. The molecule has 3 N–H and O–H groups in total. The Morgan fingerprint density at radius 2 is 2.11 bits per heavy atom. The Hall–Kier alpha value is -1.55. The maximum atomic E-state index is 11.8. The molecule has 0 aromatic heterocycles. The minimum absolute atomic E-state index is 0.0404. The molecule has 1 rings (SSSR count). The average molecular weight is 249 g/mol. The molecule has 0 spiro atoms. The number of rotatable bonds is 6. The number of benzene rings is 1. The van der Waals surface area contributed by atoms with E-state index < -0.39 is 0 Å². The lowest BCUT2D eigenvalue weighted by molar-refractivity contribution is -0.120. The minimum atomic E-state index is 0.0404. The SMILES string of the molecule is CCC(C)NC(=O)CN(C)c1ccccc1CN. The van der Waals surface area contributed by atoms with Crippen molar-refractivity contribution in [3.05, 3.63) is 29.8 Å². The number of likely N-dealkylation sites (N-methyl/N-ethyl adjacent to an activating group) is 1. The lowest BCUT2D eigenvalue weighted by atomic mass is 10.1. The molecular formula is C14H23N3O. The number of hydrogen-bond acceptors (Lipinski definition) is 3. The maximum absolute atomic E-state index is 11.8. The van der Waals surface area contributed by atoms with E-state index in [1.165, 1.54) is 0 Å². The molecule has 0 radical (unpaired) electrons. The molecule has 4 heteroatoms. The predicted octanol–water partition coefficient (Wildman–Crippen LogP) is 1.50. The molecule has 0 heterocycles. The van der Waals surface area contributed by atoms with E-state index in [0.29, 0.717) is 13.1 Å². The van der Waals surface area contributed by atoms with Crippen LogP contribution in [-0.4, -0.2) is 25.5 Å². The summed E-state index contributed by atoms with van der Waals surface area (Å²) in [5.74, 6) is 0.0404. The summed E-state index contributed by atoms with van der Waals surface area (Å²) >= 11 is 0. The number of nitrogens with two attached hydrogens (primary N) is 1. The van der Waals surface area contributed by atoms with Crippen LogP contribution < -0.4 is 16.0 Å². The molecule has 100 valence electrons. The van der Waals surface area contributed by atoms with Gasteiger partial charge in [-0.2, -0.15) is 0 Å². The highest BCUT2D eigenvalue weighted by atomic mass is 16.2. The van der Waals surface area contributed by atoms with Gasteiger partial charge in [0, 0.05) is 25.3 Å². The van der Waals surface area contributed by atoms with Crippen molar-refractivity contribution in [1.29, 1.82) is 0 Å². The van der Waals surface area contributed by atoms with Gasteiger partial charge in [-0.1, -0.05) is 25.1 Å². The summed E-state index contributed by atoms with van der Waals surface area (Å²) in [5, 5.41) is 2.96. The van der Waals surface area contributed by atoms with E-state index in [9.17, 15) is 4.79 Å². The van der Waals surface area contributed by atoms with Crippen molar-refractivity contribution in [3.8, 4) is 0 Å². The largest absolute Gasteiger partial charge is 0.365 e. The summed E-state index contributed by atoms with van der Waals surface area (Å²) in [5.41, 5.74) is 7.76. The summed E-state index contributed by atoms with van der Waals surface area (Å²) in [7, 11) is 1.91. The van der Waals surface area contributed by atoms with Crippen LogP contribution in [-0.2, 0) is 11.3 Å². The molecule has 0 aliphatic heterocycles. The third-order valence-corrected chi connectivity index (χ3v) is 3.02. The molecule has 1 unspecified atom stereocenters. The van der Waals surface area contributed by atoms with E-state index in [2.05, 4.69) is 12.2 Å². The van der Waals surface area contributed by atoms with Gasteiger partial charge < -0.3 is 16.0 Å². The second kappa shape index (κ2) is 7.01. The van der Waals surface area contributed by atoms with E-state index >= 15 is 0 Å². The van der Waals surface area contributed by atoms with Crippen LogP contribution >= 0.6 is 0 Å². The van der Waals surface area contributed by atoms with Gasteiger partial charge in [0.1, 0.15) is 0 Å². The zero-order valence-corrected chi connectivity index (χ0v) is 11.4. The van der Waals surface area contributed by atoms with Crippen molar-refractivity contribution < 1.29 is 4.79 Å². The van der Waals surface area contributed by atoms with E-state index in [1.807, 2.05) is 43.1 Å². The molecular weight excluding hydrogens is 226 g/mol. The smallest absolute Gasteiger partial charge is 0.239 e. The number of anilines is 1. The number of para-hydroxylation sites is 1. The molecule has 0 fully saturated rings. The van der Waals surface area contributed by atoms with Crippen molar-refractivity contribution in [3.63, 3.8) is 0 Å². The van der Waals surface area contributed by atoms with Gasteiger partial charge in [-0.3, -0.25) is 4.79 Å². The first-order chi connectivity index (χ1) is 8.58. The fraction of sp³-hybridized carbons (Fsp3) is 0.500. The van der Waals surface area contributed by atoms with Crippen molar-refractivity contribution in [2.24, 2.45) is 5.73 Å². The average Bonchev–Trinajstić information content (AvgIpc) is 2.38. The Kier molecular flexibility index (Phi) is 5.65. The molecule has 1 aromatic rings. The van der Waals surface area contributed by atoms with Crippen LogP contribution in [0.4, 0.5) is 5.69 Å². The summed E-state index contributed by atoms with van der Waals surface area (Å²) in [6.07, 6.45) is 0.939. The fourth-order valence-electron chi connectivity index (χ4n) is 1.78. The van der Waals surface area contributed by atoms with Crippen molar-refractivity contribution in [2.75, 3.05) is 18.5 Å². The highest BCUT2D eigenvalue weighted by molar-refractivity contribution is 5.81. The van der Waals surface area contributed by atoms with Crippen LogP contribution in [0.3, 0.4) is 0 Å². The number of amides is 1. The van der Waals surface area contributed by atoms with Crippen molar-refractivity contribution in [1.82, 2.24) is 5.32 Å². The van der Waals surface area contributed by atoms with Crippen LogP contribution in [0.1, 0.15) is 25.8 Å². The van der Waals surface area contributed by atoms with Gasteiger partial charge >= 0.3 is 0 Å². The first-order valence-corrected chi connectivity index (χ1v) is 6.37. The molecule has 0 saturated carbocycles. The van der Waals surface area contributed by atoms with Crippen molar-refractivity contribution in [2.45, 2.75) is 32.9 Å². The Morgan fingerprint density at radius 3 is 2.72 bits per heavy atom. The number of nitrogens with zero attached hydrogens (tertiary/aromatic N) is 1. The standard InChI is InChI=1S/C14H23N3O/c1-4-11(2)16-14(18)10-17(3)13-8-6-5-7-12(13)9-15/h5-8,11H,4,9-10,15H2,1-3H3,(H,16,18). The zero-order valence-electron chi connectivity index (χ0n) is 11.4. The number of nitrogens with one attached hydrogen (secondary N) is 1. The summed E-state index contributed by atoms with van der Waals surface area (Å²) in [4.78, 5) is 13.7. The Morgan fingerprint density at radius 1 is 1.44 bits per heavy atom. The highest BCUT2D eigenvalue weighted by Crippen LogP contribution is 2.17. The molecule has 0 aliphatic rings. The van der Waals surface area contributed by atoms with Gasteiger partial charge in [-0.05, 0) is 25.0 Å². The van der Waals surface area contributed by atoms with Crippen LogP contribution in [0, 0.1) is 0 Å². The van der Waals surface area contributed by atoms with Crippen LogP contribution in [0.25, 0.3) is 0 Å². The van der Waals surface area contributed by atoms with Gasteiger partial charge in [0.05, 0.1) is 6.54 Å². The van der Waals surface area contributed by atoms with E-state index in [4.69, 9.17) is 5.73 Å². The summed E-state index contributed by atoms with van der Waals surface area (Å²) in [6, 6.07) is 8.10. The molecule has 1 amide bonds. The molecule has 1 aromatic carbocycles. The van der Waals surface area contributed by atoms with E-state index in [1.54, 1.807) is 0 Å². The Bertz CT molecular complexity index is 392. The second-order valence-corrected chi connectivity index (χ2v) is 4.57. The van der Waals surface area contributed by atoms with Gasteiger partial charge in [0.25, 0.3) is 0 Å². The van der Waals surface area contributed by atoms with Gasteiger partial charge in [0.15, 0.2) is 0 Å². The number of carbonyl (C=O) groups is 1. The lowest BCUT2D eigenvalue weighted by Gasteiger charge is -2.22. The normalized spacial score (nSPS) is 12.0. The quantitative estimate of drug-likeness (QED) is 0.803. The Labute approximate surface area is 109 Å². The highest BCUT2D eigenvalue weighted by Gasteiger charge is 2.11. The third-order valence-electron chi connectivity index (χ3n) is 3.02. The Balaban J connectivity index is 2.64. The minimum Gasteiger partial charge on any atom is -0.365 e. The fourth-order valence-corrected chi connectivity index (χ4v) is 1.78. The zero-order chi connectivity index (χ0) is 13.5. The molecule has 1 atom stereocenters. The van der Waals surface area contributed by atoms with Crippen LogP contribution in [0.2, 0.25) is 0 Å². The van der Waals surface area contributed by atoms with Gasteiger partial charge in [-0.25, -0.2) is 0 Å².